The molecule has 1 aromatic heterocycles. The van der Waals surface area contributed by atoms with Gasteiger partial charge in [-0.1, -0.05) is 29.8 Å². The van der Waals surface area contributed by atoms with Crippen molar-refractivity contribution in [2.75, 3.05) is 19.6 Å². The van der Waals surface area contributed by atoms with Crippen LogP contribution in [0.5, 0.6) is 5.88 Å². The largest absolute Gasteiger partial charge is 0.493 e. The predicted molar refractivity (Wildman–Crippen MR) is 134 cm³/mol. The average molecular weight is 499 g/mol. The highest BCUT2D eigenvalue weighted by atomic mass is 35.5. The van der Waals surface area contributed by atoms with Gasteiger partial charge in [0.1, 0.15) is 5.82 Å². The second kappa shape index (κ2) is 10.5. The number of rotatable bonds is 6. The molecule has 9 heteroatoms. The molecule has 0 saturated carbocycles. The number of carbonyl (C=O) groups excluding carboxylic acids is 1. The lowest BCUT2D eigenvalue weighted by Gasteiger charge is -2.39. The minimum absolute atomic E-state index is 0.0193. The number of hydrogen-bond donors (Lipinski definition) is 1. The first-order chi connectivity index (χ1) is 16.7. The van der Waals surface area contributed by atoms with Crippen LogP contribution in [-0.4, -0.2) is 55.6 Å². The lowest BCUT2D eigenvalue weighted by molar-refractivity contribution is -0.130. The molecule has 0 radical (unpaired) electrons. The molecular formula is C26H28ClFN4O3. The fourth-order valence-electron chi connectivity index (χ4n) is 4.39. The number of aromatic hydroxyl groups is 1. The number of imidazole rings is 1. The van der Waals surface area contributed by atoms with Gasteiger partial charge in [-0.05, 0) is 54.0 Å². The minimum atomic E-state index is -0.346. The Balaban J connectivity index is 1.43. The maximum Gasteiger partial charge on any atom is 0.331 e. The quantitative estimate of drug-likeness (QED) is 0.528. The number of piperazine rings is 1. The van der Waals surface area contributed by atoms with E-state index in [0.29, 0.717) is 23.7 Å². The van der Waals surface area contributed by atoms with Gasteiger partial charge in [0.25, 0.3) is 0 Å². The van der Waals surface area contributed by atoms with Gasteiger partial charge < -0.3 is 10.0 Å². The van der Waals surface area contributed by atoms with E-state index in [-0.39, 0.29) is 35.9 Å². The van der Waals surface area contributed by atoms with Crippen molar-refractivity contribution >= 4 is 23.6 Å². The second-order valence-corrected chi connectivity index (χ2v) is 9.32. The van der Waals surface area contributed by atoms with Crippen molar-refractivity contribution in [2.45, 2.75) is 26.1 Å². The Kier molecular flexibility index (Phi) is 7.42. The summed E-state index contributed by atoms with van der Waals surface area (Å²) < 4.78 is 15.7. The van der Waals surface area contributed by atoms with Crippen LogP contribution in [0.1, 0.15) is 23.6 Å². The molecule has 35 heavy (non-hydrogen) atoms. The molecule has 0 bridgehead atoms. The van der Waals surface area contributed by atoms with Crippen molar-refractivity contribution in [2.24, 2.45) is 7.05 Å². The van der Waals surface area contributed by atoms with Crippen LogP contribution < -0.4 is 5.69 Å². The molecule has 1 amide bonds. The summed E-state index contributed by atoms with van der Waals surface area (Å²) in [5.41, 5.74) is 2.14. The van der Waals surface area contributed by atoms with Crippen LogP contribution in [0, 0.1) is 5.82 Å². The molecule has 7 nitrogen and oxygen atoms in total. The van der Waals surface area contributed by atoms with E-state index in [9.17, 15) is 19.1 Å². The van der Waals surface area contributed by atoms with Crippen molar-refractivity contribution < 1.29 is 14.3 Å². The number of aromatic nitrogens is 2. The van der Waals surface area contributed by atoms with E-state index in [1.54, 1.807) is 43.5 Å². The summed E-state index contributed by atoms with van der Waals surface area (Å²) in [6, 6.07) is 11.7. The van der Waals surface area contributed by atoms with E-state index in [0.717, 1.165) is 24.2 Å². The third-order valence-electron chi connectivity index (χ3n) is 6.27. The molecule has 1 aliphatic heterocycles. The monoisotopic (exact) mass is 498 g/mol. The lowest BCUT2D eigenvalue weighted by Crippen LogP contribution is -2.53. The predicted octanol–water partition coefficient (Wildman–Crippen LogP) is 3.48. The summed E-state index contributed by atoms with van der Waals surface area (Å²) in [4.78, 5) is 29.4. The van der Waals surface area contributed by atoms with Gasteiger partial charge in [0.05, 0.1) is 12.7 Å². The van der Waals surface area contributed by atoms with Crippen LogP contribution in [0.25, 0.3) is 6.08 Å². The maximum atomic E-state index is 13.2. The van der Waals surface area contributed by atoms with E-state index in [2.05, 4.69) is 4.90 Å². The van der Waals surface area contributed by atoms with Gasteiger partial charge in [0.15, 0.2) is 0 Å². The van der Waals surface area contributed by atoms with Crippen molar-refractivity contribution in [1.82, 2.24) is 18.9 Å². The van der Waals surface area contributed by atoms with E-state index in [4.69, 9.17) is 11.6 Å². The van der Waals surface area contributed by atoms with E-state index >= 15 is 0 Å². The fourth-order valence-corrected chi connectivity index (χ4v) is 4.58. The smallest absolute Gasteiger partial charge is 0.331 e. The Morgan fingerprint density at radius 3 is 2.57 bits per heavy atom. The molecule has 1 atom stereocenters. The highest BCUT2D eigenvalue weighted by Gasteiger charge is 2.26. The second-order valence-electron chi connectivity index (χ2n) is 8.89. The highest BCUT2D eigenvalue weighted by molar-refractivity contribution is 6.30. The lowest BCUT2D eigenvalue weighted by atomic mass is 10.1. The first-order valence-electron chi connectivity index (χ1n) is 11.4. The molecule has 0 spiro atoms. The molecular weight excluding hydrogens is 471 g/mol. The Hall–Kier alpha value is -3.36. The number of halogens is 2. The minimum Gasteiger partial charge on any atom is -0.493 e. The summed E-state index contributed by atoms with van der Waals surface area (Å²) in [5.74, 6) is -0.490. The van der Waals surface area contributed by atoms with Gasteiger partial charge in [-0.25, -0.2) is 9.18 Å². The summed E-state index contributed by atoms with van der Waals surface area (Å²) in [6.07, 6.45) is 4.60. The van der Waals surface area contributed by atoms with Gasteiger partial charge >= 0.3 is 5.69 Å². The number of carbonyl (C=O) groups is 1. The van der Waals surface area contributed by atoms with Gasteiger partial charge in [-0.3, -0.25) is 18.8 Å². The molecule has 3 aromatic rings. The van der Waals surface area contributed by atoms with Crippen LogP contribution >= 0.6 is 11.6 Å². The van der Waals surface area contributed by atoms with E-state index in [1.165, 1.54) is 33.5 Å². The zero-order valence-corrected chi connectivity index (χ0v) is 20.5. The Bertz CT molecular complexity index is 1300. The average Bonchev–Trinajstić information content (AvgIpc) is 3.06. The summed E-state index contributed by atoms with van der Waals surface area (Å²) in [6.45, 7) is 4.89. The van der Waals surface area contributed by atoms with Crippen molar-refractivity contribution in [3.05, 3.63) is 92.8 Å². The normalized spacial score (nSPS) is 16.8. The van der Waals surface area contributed by atoms with Crippen molar-refractivity contribution in [1.29, 1.82) is 0 Å². The number of benzene rings is 2. The Morgan fingerprint density at radius 2 is 1.91 bits per heavy atom. The molecule has 1 aliphatic rings. The third kappa shape index (κ3) is 5.83. The van der Waals surface area contributed by atoms with Crippen LogP contribution in [0.2, 0.25) is 5.02 Å². The van der Waals surface area contributed by atoms with Crippen molar-refractivity contribution in [3.63, 3.8) is 0 Å². The summed E-state index contributed by atoms with van der Waals surface area (Å²) >= 11 is 6.17. The number of aryl methyl sites for hydroxylation is 1. The highest BCUT2D eigenvalue weighted by Crippen LogP contribution is 2.21. The first kappa shape index (κ1) is 24.8. The fraction of sp³-hybridized carbons (Fsp3) is 0.308. The summed E-state index contributed by atoms with van der Waals surface area (Å²) in [5, 5.41) is 10.6. The standard InChI is InChI=1S/C26H28ClFN4O3/c1-18-14-30(15-19-3-8-23(28)9-4-19)11-12-31(18)24(33)10-6-20-5-7-22(27)13-21(20)16-32-25(34)17-29(2)26(32)35/h3-10,13,17-18,34H,11-12,14-16H2,1-2H3/t18-/m1/s1. The van der Waals surface area contributed by atoms with E-state index in [1.807, 2.05) is 11.8 Å². The van der Waals surface area contributed by atoms with Gasteiger partial charge in [-0.2, -0.15) is 0 Å². The zero-order valence-electron chi connectivity index (χ0n) is 19.7. The Morgan fingerprint density at radius 1 is 1.17 bits per heavy atom. The molecule has 2 heterocycles. The summed E-state index contributed by atoms with van der Waals surface area (Å²) in [7, 11) is 1.57. The van der Waals surface area contributed by atoms with Crippen LogP contribution in [-0.2, 0) is 24.9 Å². The van der Waals surface area contributed by atoms with Gasteiger partial charge in [-0.15, -0.1) is 0 Å². The van der Waals surface area contributed by atoms with Crippen molar-refractivity contribution in [3.8, 4) is 5.88 Å². The zero-order chi connectivity index (χ0) is 25.1. The molecule has 0 aliphatic carbocycles. The molecule has 1 N–H and O–H groups in total. The third-order valence-corrected chi connectivity index (χ3v) is 6.51. The number of amides is 1. The maximum absolute atomic E-state index is 13.2. The van der Waals surface area contributed by atoms with Gasteiger partial charge in [0, 0.05) is 50.4 Å². The molecule has 4 rings (SSSR count). The topological polar surface area (TPSA) is 70.7 Å². The first-order valence-corrected chi connectivity index (χ1v) is 11.8. The molecule has 2 aromatic carbocycles. The van der Waals surface area contributed by atoms with E-state index < -0.39 is 0 Å². The number of hydrogen-bond acceptors (Lipinski definition) is 4. The molecule has 1 saturated heterocycles. The van der Waals surface area contributed by atoms with Gasteiger partial charge in [0.2, 0.25) is 11.8 Å². The van der Waals surface area contributed by atoms with Crippen LogP contribution in [0.3, 0.4) is 0 Å². The SMILES string of the molecule is C[C@@H]1CN(Cc2ccc(F)cc2)CCN1C(=O)C=Cc1ccc(Cl)cc1Cn1c(O)cn(C)c1=O. The molecule has 184 valence electrons. The van der Waals surface area contributed by atoms with Crippen LogP contribution in [0.15, 0.2) is 59.5 Å². The molecule has 0 unspecified atom stereocenters. The van der Waals surface area contributed by atoms with Crippen LogP contribution in [0.4, 0.5) is 4.39 Å². The number of nitrogens with zero attached hydrogens (tertiary/aromatic N) is 4. The Labute approximate surface area is 208 Å². The molecule has 1 fully saturated rings.